The number of hydrogen-bond acceptors (Lipinski definition) is 3. The number of nitrogens with two attached hydrogens (primary N) is 1. The molecule has 1 aromatic carbocycles. The summed E-state index contributed by atoms with van der Waals surface area (Å²) in [5.41, 5.74) is 8.28. The van der Waals surface area contributed by atoms with Crippen LogP contribution in [0.3, 0.4) is 0 Å². The molecule has 3 nitrogen and oxygen atoms in total. The number of para-hydroxylation sites is 2. The maximum atomic E-state index is 12.9. The number of thiophene rings is 1. The van der Waals surface area contributed by atoms with Gasteiger partial charge in [0.2, 0.25) is 0 Å². The van der Waals surface area contributed by atoms with Gasteiger partial charge in [0.05, 0.1) is 21.6 Å². The highest BCUT2D eigenvalue weighted by atomic mass is 32.1. The number of anilines is 1. The number of aromatic nitrogens is 2. The molecule has 0 radical (unpaired) electrons. The second-order valence-electron chi connectivity index (χ2n) is 4.79. The van der Waals surface area contributed by atoms with Crippen molar-refractivity contribution in [3.63, 3.8) is 0 Å². The third kappa shape index (κ3) is 2.49. The molecule has 0 aliphatic carbocycles. The van der Waals surface area contributed by atoms with Crippen molar-refractivity contribution in [2.24, 2.45) is 0 Å². The lowest BCUT2D eigenvalue weighted by Crippen LogP contribution is -2.18. The van der Waals surface area contributed by atoms with Gasteiger partial charge in [0.15, 0.2) is 5.82 Å². The number of fused-ring (bicyclic) bond motifs is 1. The van der Waals surface area contributed by atoms with Crippen LogP contribution in [0.4, 0.5) is 18.9 Å². The fraction of sp³-hybridized carbons (Fsp3) is 0.214. The Hall–Kier alpha value is -2.02. The number of hydrogen-bond donors (Lipinski definition) is 1. The van der Waals surface area contributed by atoms with E-state index in [1.165, 1.54) is 15.9 Å². The molecule has 7 heteroatoms. The van der Waals surface area contributed by atoms with E-state index < -0.39 is 12.7 Å². The van der Waals surface area contributed by atoms with Crippen LogP contribution < -0.4 is 5.73 Å². The van der Waals surface area contributed by atoms with E-state index in [2.05, 4.69) is 4.98 Å². The van der Waals surface area contributed by atoms with Crippen molar-refractivity contribution >= 4 is 28.1 Å². The molecule has 0 aliphatic heterocycles. The minimum atomic E-state index is -4.32. The fourth-order valence-electron chi connectivity index (χ4n) is 2.21. The van der Waals surface area contributed by atoms with Gasteiger partial charge in [0, 0.05) is 0 Å². The van der Waals surface area contributed by atoms with Gasteiger partial charge in [-0.25, -0.2) is 4.98 Å². The van der Waals surface area contributed by atoms with E-state index in [4.69, 9.17) is 5.73 Å². The molecular formula is C14H12F3N3S. The maximum Gasteiger partial charge on any atom is 0.406 e. The summed E-state index contributed by atoms with van der Waals surface area (Å²) in [6.07, 6.45) is -4.32. The number of imidazole rings is 1. The summed E-state index contributed by atoms with van der Waals surface area (Å²) in [6.45, 7) is 0.741. The number of halogens is 3. The molecule has 0 bridgehead atoms. The zero-order chi connectivity index (χ0) is 15.2. The minimum absolute atomic E-state index is 0.268. The molecule has 0 atom stereocenters. The third-order valence-corrected chi connectivity index (χ3v) is 4.33. The normalized spacial score (nSPS) is 12.2. The van der Waals surface area contributed by atoms with Gasteiger partial charge in [0.25, 0.3) is 0 Å². The van der Waals surface area contributed by atoms with Crippen molar-refractivity contribution < 1.29 is 13.2 Å². The standard InChI is InChI=1S/C14H12F3N3S/c1-8-6-21-12(11(8)18)13-19-9-4-2-3-5-10(9)20(13)7-14(15,16)17/h2-6H,7,18H2,1H3. The molecule has 21 heavy (non-hydrogen) atoms. The first-order chi connectivity index (χ1) is 9.87. The van der Waals surface area contributed by atoms with E-state index in [-0.39, 0.29) is 5.82 Å². The van der Waals surface area contributed by atoms with Crippen molar-refractivity contribution in [1.82, 2.24) is 9.55 Å². The largest absolute Gasteiger partial charge is 0.406 e. The van der Waals surface area contributed by atoms with Crippen LogP contribution in [-0.4, -0.2) is 15.7 Å². The van der Waals surface area contributed by atoms with Crippen molar-refractivity contribution in [2.75, 3.05) is 5.73 Å². The molecule has 0 fully saturated rings. The molecule has 2 N–H and O–H groups in total. The maximum absolute atomic E-state index is 12.9. The SMILES string of the molecule is Cc1csc(-c2nc3ccccc3n2CC(F)(F)F)c1N. The van der Waals surface area contributed by atoms with Gasteiger partial charge in [-0.2, -0.15) is 13.2 Å². The summed E-state index contributed by atoms with van der Waals surface area (Å²) in [7, 11) is 0. The molecule has 2 aromatic heterocycles. The zero-order valence-electron chi connectivity index (χ0n) is 11.1. The molecule has 0 saturated heterocycles. The van der Waals surface area contributed by atoms with E-state index in [1.807, 2.05) is 12.3 Å². The summed E-state index contributed by atoms with van der Waals surface area (Å²) in [5.74, 6) is 0.268. The third-order valence-electron chi connectivity index (χ3n) is 3.22. The summed E-state index contributed by atoms with van der Waals surface area (Å²) in [4.78, 5) is 4.91. The predicted molar refractivity (Wildman–Crippen MR) is 78.3 cm³/mol. The smallest absolute Gasteiger partial charge is 0.397 e. The monoisotopic (exact) mass is 311 g/mol. The van der Waals surface area contributed by atoms with Crippen molar-refractivity contribution in [3.8, 4) is 10.7 Å². The number of nitrogen functional groups attached to an aromatic ring is 1. The van der Waals surface area contributed by atoms with E-state index >= 15 is 0 Å². The lowest BCUT2D eigenvalue weighted by atomic mass is 10.2. The van der Waals surface area contributed by atoms with Crippen molar-refractivity contribution in [2.45, 2.75) is 19.6 Å². The molecule has 0 saturated carbocycles. The Morgan fingerprint density at radius 3 is 2.62 bits per heavy atom. The number of alkyl halides is 3. The van der Waals surface area contributed by atoms with Crippen LogP contribution in [0, 0.1) is 6.92 Å². The summed E-state index contributed by atoms with van der Waals surface area (Å²) in [5, 5.41) is 1.82. The average molecular weight is 311 g/mol. The second-order valence-corrected chi connectivity index (χ2v) is 5.67. The lowest BCUT2D eigenvalue weighted by molar-refractivity contribution is -0.139. The molecule has 3 rings (SSSR count). The number of rotatable bonds is 2. The first-order valence-electron chi connectivity index (χ1n) is 6.23. The van der Waals surface area contributed by atoms with E-state index in [1.54, 1.807) is 24.3 Å². The Kier molecular flexibility index (Phi) is 3.16. The van der Waals surface area contributed by atoms with Gasteiger partial charge in [-0.1, -0.05) is 12.1 Å². The number of benzene rings is 1. The number of aryl methyl sites for hydroxylation is 1. The van der Waals surface area contributed by atoms with Crippen LogP contribution in [0.2, 0.25) is 0 Å². The van der Waals surface area contributed by atoms with Gasteiger partial charge in [-0.3, -0.25) is 0 Å². The molecular weight excluding hydrogens is 299 g/mol. The molecule has 0 aliphatic rings. The molecule has 2 heterocycles. The van der Waals surface area contributed by atoms with E-state index in [0.717, 1.165) is 5.56 Å². The molecule has 0 amide bonds. The highest BCUT2D eigenvalue weighted by Crippen LogP contribution is 2.37. The van der Waals surface area contributed by atoms with Gasteiger partial charge in [0.1, 0.15) is 6.54 Å². The van der Waals surface area contributed by atoms with Crippen LogP contribution in [0.1, 0.15) is 5.56 Å². The lowest BCUT2D eigenvalue weighted by Gasteiger charge is -2.11. The molecule has 0 unspecified atom stereocenters. The predicted octanol–water partition coefficient (Wildman–Crippen LogP) is 4.22. The molecule has 0 spiro atoms. The zero-order valence-corrected chi connectivity index (χ0v) is 11.9. The van der Waals surface area contributed by atoms with Gasteiger partial charge >= 0.3 is 6.18 Å². The van der Waals surface area contributed by atoms with Crippen LogP contribution >= 0.6 is 11.3 Å². The minimum Gasteiger partial charge on any atom is -0.397 e. The summed E-state index contributed by atoms with van der Waals surface area (Å²) in [6, 6.07) is 6.78. The van der Waals surface area contributed by atoms with Gasteiger partial charge < -0.3 is 10.3 Å². The Morgan fingerprint density at radius 1 is 1.29 bits per heavy atom. The highest BCUT2D eigenvalue weighted by molar-refractivity contribution is 7.14. The Labute approximate surface area is 122 Å². The molecule has 110 valence electrons. The topological polar surface area (TPSA) is 43.8 Å². The van der Waals surface area contributed by atoms with Crippen molar-refractivity contribution in [3.05, 3.63) is 35.2 Å². The van der Waals surface area contributed by atoms with E-state index in [0.29, 0.717) is 21.6 Å². The van der Waals surface area contributed by atoms with Crippen molar-refractivity contribution in [1.29, 1.82) is 0 Å². The average Bonchev–Trinajstić information content (AvgIpc) is 2.91. The highest BCUT2D eigenvalue weighted by Gasteiger charge is 2.31. The summed E-state index contributed by atoms with van der Waals surface area (Å²) >= 11 is 1.31. The Balaban J connectivity index is 2.26. The van der Waals surface area contributed by atoms with Crippen LogP contribution in [0.25, 0.3) is 21.7 Å². The first kappa shape index (κ1) is 13.9. The van der Waals surface area contributed by atoms with Crippen LogP contribution in [-0.2, 0) is 6.54 Å². The quantitative estimate of drug-likeness (QED) is 0.770. The first-order valence-corrected chi connectivity index (χ1v) is 7.11. The number of nitrogens with zero attached hydrogens (tertiary/aromatic N) is 2. The fourth-order valence-corrected chi connectivity index (χ4v) is 3.19. The van der Waals surface area contributed by atoms with Gasteiger partial charge in [-0.15, -0.1) is 11.3 Å². The van der Waals surface area contributed by atoms with Crippen LogP contribution in [0.15, 0.2) is 29.6 Å². The van der Waals surface area contributed by atoms with Crippen LogP contribution in [0.5, 0.6) is 0 Å². The van der Waals surface area contributed by atoms with Gasteiger partial charge in [-0.05, 0) is 30.0 Å². The molecule has 3 aromatic rings. The van der Waals surface area contributed by atoms with E-state index in [9.17, 15) is 13.2 Å². The Bertz CT molecular complexity index is 801. The summed E-state index contributed by atoms with van der Waals surface area (Å²) < 4.78 is 39.8. The second kappa shape index (κ2) is 4.77. The Morgan fingerprint density at radius 2 is 2.00 bits per heavy atom.